The molecule has 1 saturated heterocycles. The molecule has 1 fully saturated rings. The van der Waals surface area contributed by atoms with Crippen LogP contribution in [0.5, 0.6) is 5.75 Å². The van der Waals surface area contributed by atoms with Crippen LogP contribution in [-0.2, 0) is 9.59 Å². The molecule has 1 heterocycles. The summed E-state index contributed by atoms with van der Waals surface area (Å²) in [6.45, 7) is 5.73. The first kappa shape index (κ1) is 19.6. The van der Waals surface area contributed by atoms with E-state index < -0.39 is 5.92 Å². The molecule has 0 aromatic heterocycles. The van der Waals surface area contributed by atoms with Crippen LogP contribution in [0, 0.1) is 5.92 Å². The van der Waals surface area contributed by atoms with Gasteiger partial charge in [-0.1, -0.05) is 0 Å². The molecule has 2 aromatic carbocycles. The largest absolute Gasteiger partial charge is 0.491 e. The Morgan fingerprint density at radius 3 is 2.29 bits per heavy atom. The van der Waals surface area contributed by atoms with Crippen molar-refractivity contribution >= 4 is 29.0 Å². The summed E-state index contributed by atoms with van der Waals surface area (Å²) in [4.78, 5) is 37.9. The van der Waals surface area contributed by atoms with E-state index in [-0.39, 0.29) is 30.1 Å². The average molecular weight is 380 g/mol. The summed E-state index contributed by atoms with van der Waals surface area (Å²) in [5.74, 6) is 0.00998. The fourth-order valence-corrected chi connectivity index (χ4v) is 3.14. The lowest BCUT2D eigenvalue weighted by molar-refractivity contribution is -0.122. The number of ether oxygens (including phenoxy) is 1. The maximum atomic E-state index is 12.6. The first-order chi connectivity index (χ1) is 13.3. The Bertz CT molecular complexity index is 872. The van der Waals surface area contributed by atoms with Crippen LogP contribution in [0.1, 0.15) is 37.6 Å². The first-order valence-corrected chi connectivity index (χ1v) is 9.32. The molecule has 1 aliphatic rings. The number of amides is 2. The molecule has 1 N–H and O–H groups in total. The van der Waals surface area contributed by atoms with E-state index >= 15 is 0 Å². The summed E-state index contributed by atoms with van der Waals surface area (Å²) < 4.78 is 5.62. The van der Waals surface area contributed by atoms with Crippen LogP contribution in [0.2, 0.25) is 0 Å². The van der Waals surface area contributed by atoms with Gasteiger partial charge in [0.1, 0.15) is 5.75 Å². The highest BCUT2D eigenvalue weighted by molar-refractivity contribution is 6.03. The van der Waals surface area contributed by atoms with E-state index in [4.69, 9.17) is 4.74 Å². The molecule has 146 valence electrons. The lowest BCUT2D eigenvalue weighted by atomic mass is 10.1. The van der Waals surface area contributed by atoms with Crippen molar-refractivity contribution < 1.29 is 19.1 Å². The lowest BCUT2D eigenvalue weighted by Crippen LogP contribution is -2.28. The van der Waals surface area contributed by atoms with Gasteiger partial charge in [0.15, 0.2) is 5.78 Å². The topological polar surface area (TPSA) is 75.7 Å². The van der Waals surface area contributed by atoms with Crippen molar-refractivity contribution in [2.75, 3.05) is 16.8 Å². The fourth-order valence-electron chi connectivity index (χ4n) is 3.14. The Kier molecular flexibility index (Phi) is 5.78. The normalized spacial score (nSPS) is 16.4. The van der Waals surface area contributed by atoms with Crippen molar-refractivity contribution in [3.63, 3.8) is 0 Å². The van der Waals surface area contributed by atoms with Gasteiger partial charge in [-0.05, 0) is 69.3 Å². The van der Waals surface area contributed by atoms with Crippen LogP contribution < -0.4 is 15.0 Å². The van der Waals surface area contributed by atoms with E-state index in [1.807, 2.05) is 38.1 Å². The summed E-state index contributed by atoms with van der Waals surface area (Å²) in [6.07, 6.45) is 0.249. The van der Waals surface area contributed by atoms with E-state index in [1.54, 1.807) is 29.2 Å². The SMILES string of the molecule is CC(=O)c1ccc(NC(=O)C2CC(=O)N(c3ccc(OC(C)C)cc3)C2)cc1. The van der Waals surface area contributed by atoms with Crippen molar-refractivity contribution in [1.82, 2.24) is 0 Å². The second-order valence-electron chi connectivity index (χ2n) is 7.19. The standard InChI is InChI=1S/C22H24N2O4/c1-14(2)28-20-10-8-19(9-11-20)24-13-17(12-21(24)26)22(27)23-18-6-4-16(5-7-18)15(3)25/h4-11,14,17H,12-13H2,1-3H3,(H,23,27). The zero-order valence-corrected chi connectivity index (χ0v) is 16.3. The first-order valence-electron chi connectivity index (χ1n) is 9.32. The number of Topliss-reactive ketones (excluding diaryl/α,β-unsaturated/α-hetero) is 1. The Morgan fingerprint density at radius 2 is 1.71 bits per heavy atom. The third-order valence-corrected chi connectivity index (χ3v) is 4.57. The van der Waals surface area contributed by atoms with Gasteiger partial charge in [-0.3, -0.25) is 14.4 Å². The molecule has 1 atom stereocenters. The van der Waals surface area contributed by atoms with Gasteiger partial charge in [-0.2, -0.15) is 0 Å². The maximum Gasteiger partial charge on any atom is 0.229 e. The smallest absolute Gasteiger partial charge is 0.229 e. The van der Waals surface area contributed by atoms with E-state index in [9.17, 15) is 14.4 Å². The molecule has 0 spiro atoms. The van der Waals surface area contributed by atoms with Gasteiger partial charge in [0, 0.05) is 29.9 Å². The van der Waals surface area contributed by atoms with Gasteiger partial charge in [-0.15, -0.1) is 0 Å². The number of rotatable bonds is 6. The van der Waals surface area contributed by atoms with Crippen LogP contribution in [0.25, 0.3) is 0 Å². The molecular weight excluding hydrogens is 356 g/mol. The molecule has 6 heteroatoms. The van der Waals surface area contributed by atoms with Crippen molar-refractivity contribution in [2.24, 2.45) is 5.92 Å². The van der Waals surface area contributed by atoms with E-state index in [1.165, 1.54) is 6.92 Å². The number of benzene rings is 2. The third-order valence-electron chi connectivity index (χ3n) is 4.57. The van der Waals surface area contributed by atoms with Gasteiger partial charge in [-0.25, -0.2) is 0 Å². The Morgan fingerprint density at radius 1 is 1.07 bits per heavy atom. The zero-order valence-electron chi connectivity index (χ0n) is 16.3. The highest BCUT2D eigenvalue weighted by atomic mass is 16.5. The van der Waals surface area contributed by atoms with Gasteiger partial charge in [0.2, 0.25) is 11.8 Å². The highest BCUT2D eigenvalue weighted by Gasteiger charge is 2.35. The van der Waals surface area contributed by atoms with Gasteiger partial charge in [0.25, 0.3) is 0 Å². The third kappa shape index (κ3) is 4.57. The van der Waals surface area contributed by atoms with E-state index in [2.05, 4.69) is 5.32 Å². The van der Waals surface area contributed by atoms with Crippen LogP contribution in [0.3, 0.4) is 0 Å². The predicted molar refractivity (Wildman–Crippen MR) is 108 cm³/mol. The Labute approximate surface area is 164 Å². The van der Waals surface area contributed by atoms with Gasteiger partial charge in [0.05, 0.1) is 12.0 Å². The predicted octanol–water partition coefficient (Wildman–Crippen LogP) is 3.67. The van der Waals surface area contributed by atoms with Crippen LogP contribution in [-0.4, -0.2) is 30.2 Å². The molecule has 2 aromatic rings. The number of hydrogen-bond acceptors (Lipinski definition) is 4. The molecule has 2 amide bonds. The van der Waals surface area contributed by atoms with Crippen LogP contribution >= 0.6 is 0 Å². The molecule has 1 aliphatic heterocycles. The molecule has 6 nitrogen and oxygen atoms in total. The maximum absolute atomic E-state index is 12.6. The quantitative estimate of drug-likeness (QED) is 0.776. The second kappa shape index (κ2) is 8.25. The summed E-state index contributed by atoms with van der Waals surface area (Å²) in [5, 5.41) is 2.82. The molecule has 0 saturated carbocycles. The number of carbonyl (C=O) groups is 3. The lowest BCUT2D eigenvalue weighted by Gasteiger charge is -2.18. The van der Waals surface area contributed by atoms with Crippen molar-refractivity contribution in [1.29, 1.82) is 0 Å². The minimum atomic E-state index is -0.424. The zero-order chi connectivity index (χ0) is 20.3. The number of nitrogens with one attached hydrogen (secondary N) is 1. The minimum Gasteiger partial charge on any atom is -0.491 e. The van der Waals surface area contributed by atoms with Crippen molar-refractivity contribution in [3.8, 4) is 5.75 Å². The number of carbonyl (C=O) groups excluding carboxylic acids is 3. The van der Waals surface area contributed by atoms with Gasteiger partial charge >= 0.3 is 0 Å². The molecule has 3 rings (SSSR count). The summed E-state index contributed by atoms with van der Waals surface area (Å²) >= 11 is 0. The molecule has 0 bridgehead atoms. The molecule has 1 unspecified atom stereocenters. The summed E-state index contributed by atoms with van der Waals surface area (Å²) in [5.41, 5.74) is 1.95. The summed E-state index contributed by atoms with van der Waals surface area (Å²) in [6, 6.07) is 14.0. The molecule has 0 aliphatic carbocycles. The van der Waals surface area contributed by atoms with Crippen molar-refractivity contribution in [3.05, 3.63) is 54.1 Å². The number of anilines is 2. The number of ketones is 1. The highest BCUT2D eigenvalue weighted by Crippen LogP contribution is 2.28. The summed E-state index contributed by atoms with van der Waals surface area (Å²) in [7, 11) is 0. The Balaban J connectivity index is 1.63. The number of nitrogens with zero attached hydrogens (tertiary/aromatic N) is 1. The molecule has 0 radical (unpaired) electrons. The van der Waals surface area contributed by atoms with Crippen LogP contribution in [0.15, 0.2) is 48.5 Å². The van der Waals surface area contributed by atoms with Gasteiger partial charge < -0.3 is 15.0 Å². The Hall–Kier alpha value is -3.15. The minimum absolute atomic E-state index is 0.0280. The molecular formula is C22H24N2O4. The van der Waals surface area contributed by atoms with E-state index in [0.29, 0.717) is 17.8 Å². The van der Waals surface area contributed by atoms with Crippen molar-refractivity contribution in [2.45, 2.75) is 33.3 Å². The molecule has 28 heavy (non-hydrogen) atoms. The monoisotopic (exact) mass is 380 g/mol. The fraction of sp³-hybridized carbons (Fsp3) is 0.318. The number of hydrogen-bond donors (Lipinski definition) is 1. The average Bonchev–Trinajstić information content (AvgIpc) is 3.04. The van der Waals surface area contributed by atoms with E-state index in [0.717, 1.165) is 11.4 Å². The second-order valence-corrected chi connectivity index (χ2v) is 7.19. The van der Waals surface area contributed by atoms with Crippen LogP contribution in [0.4, 0.5) is 11.4 Å².